The highest BCUT2D eigenvalue weighted by Crippen LogP contribution is 2.00. The van der Waals surface area contributed by atoms with Crippen molar-refractivity contribution in [3.8, 4) is 0 Å². The molecule has 0 heteroatoms. The molecule has 0 fully saturated rings. The smallest absolute Gasteiger partial charge is 0.0189 e. The summed E-state index contributed by atoms with van der Waals surface area (Å²) in [5, 5.41) is 0. The number of rotatable bonds is 2. The maximum absolute atomic E-state index is 3.19. The zero-order valence-electron chi connectivity index (χ0n) is 6.86. The highest BCUT2D eigenvalue weighted by Gasteiger charge is 1.87. The molecule has 52 valence electrons. The van der Waals surface area contributed by atoms with Gasteiger partial charge < -0.3 is 0 Å². The van der Waals surface area contributed by atoms with E-state index in [9.17, 15) is 0 Å². The van der Waals surface area contributed by atoms with Crippen LogP contribution in [0.15, 0.2) is 17.4 Å². The molecule has 0 aliphatic heterocycles. The van der Waals surface area contributed by atoms with E-state index in [0.29, 0.717) is 5.92 Å². The molecule has 0 radical (unpaired) electrons. The molecule has 0 amide bonds. The molecule has 0 rings (SSSR count). The van der Waals surface area contributed by atoms with Crippen molar-refractivity contribution in [2.24, 2.45) is 5.92 Å². The lowest BCUT2D eigenvalue weighted by atomic mass is 10.1. The Morgan fingerprint density at radius 2 is 2.11 bits per heavy atom. The van der Waals surface area contributed by atoms with Crippen LogP contribution in [0.5, 0.6) is 0 Å². The molecule has 0 saturated carbocycles. The van der Waals surface area contributed by atoms with Gasteiger partial charge in [-0.1, -0.05) is 13.8 Å². The van der Waals surface area contributed by atoms with Gasteiger partial charge in [0.15, 0.2) is 0 Å². The maximum atomic E-state index is 3.19. The van der Waals surface area contributed by atoms with Crippen LogP contribution in [0, 0.1) is 5.92 Å². The summed E-state index contributed by atoms with van der Waals surface area (Å²) in [7, 11) is 0. The lowest BCUT2D eigenvalue weighted by molar-refractivity contribution is 0.699. The number of hydrogen-bond acceptors (Lipinski definition) is 0. The van der Waals surface area contributed by atoms with Crippen molar-refractivity contribution in [3.63, 3.8) is 0 Å². The average Bonchev–Trinajstić information content (AvgIpc) is 1.83. The largest absolute Gasteiger partial charge is 0.126 e. The van der Waals surface area contributed by atoms with Gasteiger partial charge in [0.25, 0.3) is 0 Å². The lowest BCUT2D eigenvalue weighted by Crippen LogP contribution is -1.81. The molecule has 0 aliphatic carbocycles. The first-order valence-corrected chi connectivity index (χ1v) is 3.56. The topological polar surface area (TPSA) is 0 Å². The van der Waals surface area contributed by atoms with Crippen LogP contribution < -0.4 is 0 Å². The van der Waals surface area contributed by atoms with Gasteiger partial charge in [-0.3, -0.25) is 0 Å². The SMILES string of the molecule is CCC(C)C=C=C(C)C. The molecule has 9 heavy (non-hydrogen) atoms. The van der Waals surface area contributed by atoms with E-state index in [1.807, 2.05) is 0 Å². The monoisotopic (exact) mass is 124 g/mol. The Labute approximate surface area is 58.3 Å². The zero-order valence-corrected chi connectivity index (χ0v) is 6.86. The molecule has 1 unspecified atom stereocenters. The molecule has 0 saturated heterocycles. The Balaban J connectivity index is 3.83. The van der Waals surface area contributed by atoms with Crippen LogP contribution in [0.4, 0.5) is 0 Å². The fourth-order valence-corrected chi connectivity index (χ4v) is 0.427. The van der Waals surface area contributed by atoms with Gasteiger partial charge in [0, 0.05) is 0 Å². The second-order valence-corrected chi connectivity index (χ2v) is 2.70. The maximum Gasteiger partial charge on any atom is -0.0189 e. The predicted octanol–water partition coefficient (Wildman–Crippen LogP) is 3.15. The second-order valence-electron chi connectivity index (χ2n) is 2.70. The third-order valence-electron chi connectivity index (χ3n) is 1.30. The van der Waals surface area contributed by atoms with Gasteiger partial charge in [-0.25, -0.2) is 0 Å². The molecule has 0 bridgehead atoms. The van der Waals surface area contributed by atoms with Crippen LogP contribution in [0.2, 0.25) is 0 Å². The first-order valence-electron chi connectivity index (χ1n) is 3.56. The van der Waals surface area contributed by atoms with E-state index in [1.165, 1.54) is 12.0 Å². The average molecular weight is 124 g/mol. The fraction of sp³-hybridized carbons (Fsp3) is 0.667. The quantitative estimate of drug-likeness (QED) is 0.496. The summed E-state index contributed by atoms with van der Waals surface area (Å²) >= 11 is 0. The van der Waals surface area contributed by atoms with E-state index in [0.717, 1.165) is 0 Å². The molecule has 0 N–H and O–H groups in total. The Hall–Kier alpha value is -0.480. The molecule has 1 atom stereocenters. The molecule has 0 spiro atoms. The standard InChI is InChI=1S/C9H16/c1-5-9(4)7-6-8(2)3/h7,9H,5H2,1-4H3. The molecular weight excluding hydrogens is 108 g/mol. The molecule has 0 aromatic heterocycles. The third-order valence-corrected chi connectivity index (χ3v) is 1.30. The normalized spacial score (nSPS) is 12.0. The number of allylic oxidation sites excluding steroid dienone is 1. The van der Waals surface area contributed by atoms with Crippen LogP contribution in [-0.4, -0.2) is 0 Å². The van der Waals surface area contributed by atoms with Gasteiger partial charge in [0.2, 0.25) is 0 Å². The van der Waals surface area contributed by atoms with Crippen molar-refractivity contribution >= 4 is 0 Å². The minimum Gasteiger partial charge on any atom is -0.126 e. The Bertz CT molecular complexity index is 121. The summed E-state index contributed by atoms with van der Waals surface area (Å²) in [5.74, 6) is 0.680. The lowest BCUT2D eigenvalue weighted by Gasteiger charge is -1.95. The van der Waals surface area contributed by atoms with E-state index < -0.39 is 0 Å². The molecule has 0 aliphatic rings. The molecular formula is C9H16. The Morgan fingerprint density at radius 3 is 2.44 bits per heavy atom. The molecule has 0 nitrogen and oxygen atoms in total. The van der Waals surface area contributed by atoms with Gasteiger partial charge in [0.05, 0.1) is 0 Å². The molecule has 0 heterocycles. The highest BCUT2D eigenvalue weighted by molar-refractivity contribution is 4.95. The summed E-state index contributed by atoms with van der Waals surface area (Å²) in [5.41, 5.74) is 4.45. The number of hydrogen-bond donors (Lipinski definition) is 0. The van der Waals surface area contributed by atoms with Crippen LogP contribution in [-0.2, 0) is 0 Å². The summed E-state index contributed by atoms with van der Waals surface area (Å²) in [6, 6.07) is 0. The van der Waals surface area contributed by atoms with E-state index in [2.05, 4.69) is 39.5 Å². The highest BCUT2D eigenvalue weighted by atomic mass is 13.9. The van der Waals surface area contributed by atoms with Crippen molar-refractivity contribution in [2.75, 3.05) is 0 Å². The summed E-state index contributed by atoms with van der Waals surface area (Å²) < 4.78 is 0. The van der Waals surface area contributed by atoms with Crippen LogP contribution in [0.3, 0.4) is 0 Å². The second kappa shape index (κ2) is 4.40. The zero-order chi connectivity index (χ0) is 7.28. The van der Waals surface area contributed by atoms with Crippen molar-refractivity contribution in [1.82, 2.24) is 0 Å². The molecule has 0 aromatic carbocycles. The van der Waals surface area contributed by atoms with Gasteiger partial charge in [0.1, 0.15) is 0 Å². The van der Waals surface area contributed by atoms with E-state index in [1.54, 1.807) is 0 Å². The first-order chi connectivity index (χ1) is 4.16. The first kappa shape index (κ1) is 8.52. The fourth-order valence-electron chi connectivity index (χ4n) is 0.427. The van der Waals surface area contributed by atoms with E-state index >= 15 is 0 Å². The van der Waals surface area contributed by atoms with Crippen molar-refractivity contribution < 1.29 is 0 Å². The van der Waals surface area contributed by atoms with Crippen molar-refractivity contribution in [3.05, 3.63) is 17.4 Å². The van der Waals surface area contributed by atoms with Gasteiger partial charge in [-0.15, -0.1) is 5.73 Å². The van der Waals surface area contributed by atoms with E-state index in [-0.39, 0.29) is 0 Å². The Morgan fingerprint density at radius 1 is 1.56 bits per heavy atom. The summed E-state index contributed by atoms with van der Waals surface area (Å²) in [6.45, 7) is 8.53. The summed E-state index contributed by atoms with van der Waals surface area (Å²) in [4.78, 5) is 0. The minimum absolute atomic E-state index is 0.680. The van der Waals surface area contributed by atoms with Crippen LogP contribution in [0.1, 0.15) is 34.1 Å². The molecule has 0 aromatic rings. The van der Waals surface area contributed by atoms with Gasteiger partial charge >= 0.3 is 0 Å². The van der Waals surface area contributed by atoms with Crippen LogP contribution >= 0.6 is 0 Å². The van der Waals surface area contributed by atoms with Crippen molar-refractivity contribution in [1.29, 1.82) is 0 Å². The predicted molar refractivity (Wildman–Crippen MR) is 42.4 cm³/mol. The van der Waals surface area contributed by atoms with Crippen LogP contribution in [0.25, 0.3) is 0 Å². The third kappa shape index (κ3) is 5.39. The van der Waals surface area contributed by atoms with Gasteiger partial charge in [-0.05, 0) is 37.8 Å². The minimum atomic E-state index is 0.680. The Kier molecular flexibility index (Phi) is 4.17. The van der Waals surface area contributed by atoms with Gasteiger partial charge in [-0.2, -0.15) is 0 Å². The van der Waals surface area contributed by atoms with E-state index in [4.69, 9.17) is 0 Å². The van der Waals surface area contributed by atoms with Crippen molar-refractivity contribution in [2.45, 2.75) is 34.1 Å². The summed E-state index contributed by atoms with van der Waals surface area (Å²) in [6.07, 6.45) is 3.34.